The van der Waals surface area contributed by atoms with Crippen LogP contribution in [0.15, 0.2) is 235 Å². The highest BCUT2D eigenvalue weighted by molar-refractivity contribution is 6.12. The Hall–Kier alpha value is -8.41. The van der Waals surface area contributed by atoms with E-state index < -0.39 is 0 Å². The second kappa shape index (κ2) is 16.0. The maximum absolute atomic E-state index is 6.77. The largest absolute Gasteiger partial charge is 0.456 e. The number of nitrogens with zero attached hydrogens (tertiary/aromatic N) is 4. The molecular weight excluding hydrogens is 757 g/mol. The molecule has 0 aliphatic carbocycles. The third kappa shape index (κ3) is 6.97. The minimum Gasteiger partial charge on any atom is -0.456 e. The van der Waals surface area contributed by atoms with Crippen molar-refractivity contribution in [3.63, 3.8) is 0 Å². The Bertz CT molecular complexity index is 3330. The van der Waals surface area contributed by atoms with E-state index in [-0.39, 0.29) is 0 Å². The van der Waals surface area contributed by atoms with Crippen LogP contribution in [0.3, 0.4) is 0 Å². The van der Waals surface area contributed by atoms with Gasteiger partial charge in [0.25, 0.3) is 0 Å². The summed E-state index contributed by atoms with van der Waals surface area (Å²) in [6, 6.07) is 79.9. The molecule has 0 radical (unpaired) electrons. The first-order valence-corrected chi connectivity index (χ1v) is 20.8. The van der Waals surface area contributed by atoms with Crippen molar-refractivity contribution in [2.24, 2.45) is 0 Å². The summed E-state index contributed by atoms with van der Waals surface area (Å²) in [6.07, 6.45) is 0. The van der Waals surface area contributed by atoms with Crippen molar-refractivity contribution >= 4 is 39.0 Å². The first-order valence-electron chi connectivity index (χ1n) is 20.8. The van der Waals surface area contributed by atoms with Crippen molar-refractivity contribution in [1.29, 1.82) is 0 Å². The van der Waals surface area contributed by atoms with Gasteiger partial charge in [0.15, 0.2) is 17.5 Å². The molecule has 0 saturated carbocycles. The highest BCUT2D eigenvalue weighted by Gasteiger charge is 2.22. The molecule has 0 bridgehead atoms. The zero-order valence-corrected chi connectivity index (χ0v) is 33.6. The van der Waals surface area contributed by atoms with Crippen molar-refractivity contribution in [2.45, 2.75) is 0 Å². The fourth-order valence-corrected chi connectivity index (χ4v) is 8.34. The predicted octanol–water partition coefficient (Wildman–Crippen LogP) is 15.2. The monoisotopic (exact) mass is 794 g/mol. The normalized spacial score (nSPS) is 11.2. The molecule has 9 aromatic carbocycles. The SMILES string of the molecule is c1ccc(-c2ccc(N(c3ccc4c(c3)oc3cccc(-c5nc(-c6ccccc6)nc(-c6cccc(-c7ccccc7)c6)n5)c34)c3ccccc3-c3ccccc3)cc2)cc1. The maximum Gasteiger partial charge on any atom is 0.164 e. The molecule has 0 spiro atoms. The summed E-state index contributed by atoms with van der Waals surface area (Å²) in [5.41, 5.74) is 14.1. The lowest BCUT2D eigenvalue weighted by atomic mass is 10.0. The molecule has 11 rings (SSSR count). The van der Waals surface area contributed by atoms with Gasteiger partial charge < -0.3 is 9.32 Å². The van der Waals surface area contributed by atoms with Gasteiger partial charge in [-0.25, -0.2) is 15.0 Å². The fraction of sp³-hybridized carbons (Fsp3) is 0. The summed E-state index contributed by atoms with van der Waals surface area (Å²) in [5.74, 6) is 1.78. The lowest BCUT2D eigenvalue weighted by molar-refractivity contribution is 0.669. The van der Waals surface area contributed by atoms with Crippen LogP contribution in [0.4, 0.5) is 17.1 Å². The molecule has 292 valence electrons. The quantitative estimate of drug-likeness (QED) is 0.146. The smallest absolute Gasteiger partial charge is 0.164 e. The van der Waals surface area contributed by atoms with Crippen LogP contribution in [0.5, 0.6) is 0 Å². The van der Waals surface area contributed by atoms with Crippen LogP contribution in [0.25, 0.3) is 89.5 Å². The summed E-state index contributed by atoms with van der Waals surface area (Å²) in [5, 5.41) is 1.93. The van der Waals surface area contributed by atoms with Crippen LogP contribution in [-0.2, 0) is 0 Å². The Balaban J connectivity index is 1.06. The molecule has 0 N–H and O–H groups in total. The molecule has 0 aliphatic heterocycles. The van der Waals surface area contributed by atoms with Gasteiger partial charge in [0, 0.05) is 50.5 Å². The number of benzene rings is 9. The topological polar surface area (TPSA) is 55.1 Å². The maximum atomic E-state index is 6.77. The minimum atomic E-state index is 0.577. The Labute approximate surface area is 359 Å². The van der Waals surface area contributed by atoms with E-state index in [1.807, 2.05) is 54.6 Å². The van der Waals surface area contributed by atoms with Crippen molar-refractivity contribution < 1.29 is 4.42 Å². The van der Waals surface area contributed by atoms with Crippen LogP contribution < -0.4 is 4.90 Å². The Morgan fingerprint density at radius 1 is 0.306 bits per heavy atom. The predicted molar refractivity (Wildman–Crippen MR) is 254 cm³/mol. The van der Waals surface area contributed by atoms with Crippen LogP contribution in [-0.4, -0.2) is 15.0 Å². The molecular formula is C57H38N4O. The molecule has 11 aromatic rings. The first-order chi connectivity index (χ1) is 30.7. The number of hydrogen-bond acceptors (Lipinski definition) is 5. The molecule has 0 atom stereocenters. The van der Waals surface area contributed by atoms with Gasteiger partial charge in [-0.3, -0.25) is 0 Å². The molecule has 0 fully saturated rings. The highest BCUT2D eigenvalue weighted by atomic mass is 16.3. The average molecular weight is 795 g/mol. The van der Waals surface area contributed by atoms with Crippen molar-refractivity contribution in [1.82, 2.24) is 15.0 Å². The first kappa shape index (κ1) is 36.7. The van der Waals surface area contributed by atoms with E-state index in [0.717, 1.165) is 83.5 Å². The van der Waals surface area contributed by atoms with E-state index >= 15 is 0 Å². The fourth-order valence-electron chi connectivity index (χ4n) is 8.34. The molecule has 5 heteroatoms. The summed E-state index contributed by atoms with van der Waals surface area (Å²) in [6.45, 7) is 0. The molecule has 0 saturated heterocycles. The molecule has 0 unspecified atom stereocenters. The van der Waals surface area contributed by atoms with Gasteiger partial charge in [-0.1, -0.05) is 182 Å². The average Bonchev–Trinajstić information content (AvgIpc) is 3.74. The summed E-state index contributed by atoms with van der Waals surface area (Å²) in [7, 11) is 0. The zero-order chi connectivity index (χ0) is 41.2. The van der Waals surface area contributed by atoms with Crippen molar-refractivity contribution in [2.75, 3.05) is 4.90 Å². The third-order valence-electron chi connectivity index (χ3n) is 11.3. The van der Waals surface area contributed by atoms with Crippen molar-refractivity contribution in [3.8, 4) is 67.5 Å². The zero-order valence-electron chi connectivity index (χ0n) is 33.6. The van der Waals surface area contributed by atoms with Gasteiger partial charge in [0.2, 0.25) is 0 Å². The van der Waals surface area contributed by atoms with Gasteiger partial charge in [0.1, 0.15) is 11.2 Å². The standard InChI is InChI=1S/C57H38N4O/c1-5-17-39(18-6-1)41-31-33-46(34-32-41)61(51-29-14-13-27-48(51)42-21-9-3-10-22-42)47-35-36-49-53(38-47)62-52-30-16-28-50(54(49)52)57-59-55(43-23-11-4-12-24-43)58-56(60-57)45-26-15-25-44(37-45)40-19-7-2-8-20-40/h1-38H. The molecule has 5 nitrogen and oxygen atoms in total. The van der Waals surface area contributed by atoms with E-state index in [4.69, 9.17) is 19.4 Å². The molecule has 2 aromatic heterocycles. The lowest BCUT2D eigenvalue weighted by Crippen LogP contribution is -2.11. The second-order valence-corrected chi connectivity index (χ2v) is 15.2. The van der Waals surface area contributed by atoms with Gasteiger partial charge in [-0.05, 0) is 70.3 Å². The number of rotatable bonds is 9. The van der Waals surface area contributed by atoms with Crippen LogP contribution in [0.2, 0.25) is 0 Å². The number of furan rings is 1. The molecule has 0 aliphatic rings. The third-order valence-corrected chi connectivity index (χ3v) is 11.3. The van der Waals surface area contributed by atoms with Gasteiger partial charge in [-0.15, -0.1) is 0 Å². The number of aromatic nitrogens is 3. The lowest BCUT2D eigenvalue weighted by Gasteiger charge is -2.28. The summed E-state index contributed by atoms with van der Waals surface area (Å²) in [4.78, 5) is 17.7. The van der Waals surface area contributed by atoms with Crippen LogP contribution >= 0.6 is 0 Å². The summed E-state index contributed by atoms with van der Waals surface area (Å²) < 4.78 is 6.77. The molecule has 62 heavy (non-hydrogen) atoms. The van der Waals surface area contributed by atoms with E-state index in [9.17, 15) is 0 Å². The highest BCUT2D eigenvalue weighted by Crippen LogP contribution is 2.44. The minimum absolute atomic E-state index is 0.577. The second-order valence-electron chi connectivity index (χ2n) is 15.2. The number of fused-ring (bicyclic) bond motifs is 3. The number of anilines is 3. The molecule has 2 heterocycles. The van der Waals surface area contributed by atoms with E-state index in [1.165, 1.54) is 5.56 Å². The van der Waals surface area contributed by atoms with Crippen LogP contribution in [0.1, 0.15) is 0 Å². The van der Waals surface area contributed by atoms with E-state index in [2.05, 4.69) is 181 Å². The number of hydrogen-bond donors (Lipinski definition) is 0. The Kier molecular flexibility index (Phi) is 9.45. The van der Waals surface area contributed by atoms with Crippen LogP contribution in [0, 0.1) is 0 Å². The molecule has 0 amide bonds. The number of para-hydroxylation sites is 1. The van der Waals surface area contributed by atoms with Gasteiger partial charge in [0.05, 0.1) is 5.69 Å². The Morgan fingerprint density at radius 3 is 1.52 bits per heavy atom. The summed E-state index contributed by atoms with van der Waals surface area (Å²) >= 11 is 0. The van der Waals surface area contributed by atoms with E-state index in [0.29, 0.717) is 17.5 Å². The van der Waals surface area contributed by atoms with Gasteiger partial charge in [-0.2, -0.15) is 0 Å². The van der Waals surface area contributed by atoms with Gasteiger partial charge >= 0.3 is 0 Å². The van der Waals surface area contributed by atoms with E-state index in [1.54, 1.807) is 0 Å². The Morgan fingerprint density at radius 2 is 0.806 bits per heavy atom. The van der Waals surface area contributed by atoms with Crippen molar-refractivity contribution in [3.05, 3.63) is 231 Å².